The maximum Gasteiger partial charge on any atom is 0.253 e. The van der Waals surface area contributed by atoms with Gasteiger partial charge in [-0.25, -0.2) is 0 Å². The molecule has 1 aliphatic rings. The Kier molecular flexibility index (Phi) is 4.71. The molecule has 0 unspecified atom stereocenters. The number of carbonyl (C=O) groups is 1. The summed E-state index contributed by atoms with van der Waals surface area (Å²) in [4.78, 5) is 18.4. The van der Waals surface area contributed by atoms with Crippen molar-refractivity contribution in [1.82, 2.24) is 15.0 Å². The summed E-state index contributed by atoms with van der Waals surface area (Å²) in [5.74, 6) is 0.931. The van der Waals surface area contributed by atoms with Crippen LogP contribution in [0.2, 0.25) is 0 Å². The lowest BCUT2D eigenvalue weighted by atomic mass is 9.86. The molecule has 0 atom stereocenters. The zero-order chi connectivity index (χ0) is 16.2. The molecular formula is C17H21N3O3. The molecule has 0 spiro atoms. The molecule has 6 heteroatoms. The van der Waals surface area contributed by atoms with Gasteiger partial charge in [-0.1, -0.05) is 17.3 Å². The third-order valence-corrected chi connectivity index (χ3v) is 4.69. The van der Waals surface area contributed by atoms with Gasteiger partial charge in [0.2, 0.25) is 12.2 Å². The number of aliphatic hydroxyl groups excluding tert-OH is 1. The number of amides is 1. The molecular weight excluding hydrogens is 294 g/mol. The van der Waals surface area contributed by atoms with Gasteiger partial charge in [-0.05, 0) is 43.7 Å². The Labute approximate surface area is 135 Å². The van der Waals surface area contributed by atoms with E-state index in [9.17, 15) is 9.90 Å². The Hall–Kier alpha value is -2.21. The van der Waals surface area contributed by atoms with Gasteiger partial charge < -0.3 is 14.5 Å². The van der Waals surface area contributed by atoms with E-state index in [2.05, 4.69) is 10.1 Å². The second-order valence-corrected chi connectivity index (χ2v) is 6.11. The summed E-state index contributed by atoms with van der Waals surface area (Å²) in [6.07, 6.45) is 5.15. The Balaban J connectivity index is 1.65. The van der Waals surface area contributed by atoms with Crippen molar-refractivity contribution < 1.29 is 14.4 Å². The van der Waals surface area contributed by atoms with Crippen LogP contribution in [0, 0.1) is 5.92 Å². The zero-order valence-corrected chi connectivity index (χ0v) is 13.2. The maximum absolute atomic E-state index is 12.6. The minimum Gasteiger partial charge on any atom is -0.396 e. The summed E-state index contributed by atoms with van der Waals surface area (Å²) in [6.45, 7) is 0.252. The highest BCUT2D eigenvalue weighted by molar-refractivity contribution is 5.94. The lowest BCUT2D eigenvalue weighted by Crippen LogP contribution is -2.39. The maximum atomic E-state index is 12.6. The van der Waals surface area contributed by atoms with E-state index in [4.69, 9.17) is 4.52 Å². The van der Waals surface area contributed by atoms with Crippen LogP contribution < -0.4 is 0 Å². The van der Waals surface area contributed by atoms with Crippen molar-refractivity contribution in [3.8, 4) is 11.4 Å². The van der Waals surface area contributed by atoms with Crippen LogP contribution in [0.15, 0.2) is 35.2 Å². The summed E-state index contributed by atoms with van der Waals surface area (Å²) in [5, 5.41) is 13.0. The van der Waals surface area contributed by atoms with Crippen LogP contribution in [0.3, 0.4) is 0 Å². The first-order valence-electron chi connectivity index (χ1n) is 7.94. The largest absolute Gasteiger partial charge is 0.396 e. The minimum absolute atomic E-state index is 0.0251. The molecule has 1 fully saturated rings. The average Bonchev–Trinajstić information content (AvgIpc) is 3.15. The molecule has 0 bridgehead atoms. The summed E-state index contributed by atoms with van der Waals surface area (Å²) >= 11 is 0. The fourth-order valence-corrected chi connectivity index (χ4v) is 3.14. The highest BCUT2D eigenvalue weighted by Crippen LogP contribution is 2.27. The van der Waals surface area contributed by atoms with E-state index in [1.165, 1.54) is 6.39 Å². The van der Waals surface area contributed by atoms with Crippen molar-refractivity contribution in [2.75, 3.05) is 13.7 Å². The predicted molar refractivity (Wildman–Crippen MR) is 84.7 cm³/mol. The molecule has 0 aliphatic heterocycles. The SMILES string of the molecule is CN(C(=O)c1ccc(-c2ncon2)cc1)C1CCC(CO)CC1. The fraction of sp³-hybridized carbons (Fsp3) is 0.471. The van der Waals surface area contributed by atoms with Gasteiger partial charge in [-0.15, -0.1) is 0 Å². The zero-order valence-electron chi connectivity index (χ0n) is 13.2. The van der Waals surface area contributed by atoms with Gasteiger partial charge in [0.25, 0.3) is 5.91 Å². The smallest absolute Gasteiger partial charge is 0.253 e. The predicted octanol–water partition coefficient (Wildman–Crippen LogP) is 2.36. The minimum atomic E-state index is 0.0251. The molecule has 0 saturated heterocycles. The lowest BCUT2D eigenvalue weighted by Gasteiger charge is -2.34. The van der Waals surface area contributed by atoms with Gasteiger partial charge in [-0.2, -0.15) is 4.98 Å². The highest BCUT2D eigenvalue weighted by Gasteiger charge is 2.26. The molecule has 2 aromatic rings. The topological polar surface area (TPSA) is 79.5 Å². The molecule has 3 rings (SSSR count). The van der Waals surface area contributed by atoms with E-state index in [0.29, 0.717) is 17.3 Å². The molecule has 1 aromatic carbocycles. The third-order valence-electron chi connectivity index (χ3n) is 4.69. The molecule has 1 aromatic heterocycles. The standard InChI is InChI=1S/C17H21N3O3/c1-20(15-8-2-12(10-21)3-9-15)17(22)14-6-4-13(5-7-14)16-18-11-23-19-16/h4-7,11-12,15,21H,2-3,8-10H2,1H3. The third kappa shape index (κ3) is 3.42. The number of hydrogen-bond acceptors (Lipinski definition) is 5. The van der Waals surface area contributed by atoms with E-state index in [1.54, 1.807) is 12.1 Å². The van der Waals surface area contributed by atoms with Crippen molar-refractivity contribution in [3.63, 3.8) is 0 Å². The Morgan fingerprint density at radius 3 is 2.52 bits per heavy atom. The van der Waals surface area contributed by atoms with E-state index in [-0.39, 0.29) is 18.6 Å². The van der Waals surface area contributed by atoms with Crippen LogP contribution in [0.4, 0.5) is 0 Å². The molecule has 122 valence electrons. The van der Waals surface area contributed by atoms with Crippen LogP contribution in [0.1, 0.15) is 36.0 Å². The first kappa shape index (κ1) is 15.7. The Morgan fingerprint density at radius 2 is 1.96 bits per heavy atom. The van der Waals surface area contributed by atoms with Gasteiger partial charge in [0.15, 0.2) is 0 Å². The number of carbonyl (C=O) groups excluding carboxylic acids is 1. The number of nitrogens with zero attached hydrogens (tertiary/aromatic N) is 3. The Bertz CT molecular complexity index is 632. The van der Waals surface area contributed by atoms with Gasteiger partial charge >= 0.3 is 0 Å². The summed E-state index contributed by atoms with van der Waals surface area (Å²) in [7, 11) is 1.86. The molecule has 0 radical (unpaired) electrons. The van der Waals surface area contributed by atoms with E-state index in [1.807, 2.05) is 24.1 Å². The van der Waals surface area contributed by atoms with Crippen molar-refractivity contribution in [1.29, 1.82) is 0 Å². The number of aliphatic hydroxyl groups is 1. The molecule has 1 amide bonds. The number of hydrogen-bond donors (Lipinski definition) is 1. The molecule has 1 aliphatic carbocycles. The average molecular weight is 315 g/mol. The van der Waals surface area contributed by atoms with Crippen LogP contribution in [0.25, 0.3) is 11.4 Å². The summed E-state index contributed by atoms with van der Waals surface area (Å²) in [6, 6.07) is 7.50. The lowest BCUT2D eigenvalue weighted by molar-refractivity contribution is 0.0653. The van der Waals surface area contributed by atoms with Gasteiger partial charge in [0.1, 0.15) is 0 Å². The molecule has 6 nitrogen and oxygen atoms in total. The second-order valence-electron chi connectivity index (χ2n) is 6.11. The molecule has 1 heterocycles. The molecule has 23 heavy (non-hydrogen) atoms. The van der Waals surface area contributed by atoms with Gasteiger partial charge in [0.05, 0.1) is 0 Å². The van der Waals surface area contributed by atoms with Crippen LogP contribution in [0.5, 0.6) is 0 Å². The summed E-state index contributed by atoms with van der Waals surface area (Å²) in [5.41, 5.74) is 1.48. The van der Waals surface area contributed by atoms with Gasteiger partial charge in [0, 0.05) is 30.8 Å². The van der Waals surface area contributed by atoms with Gasteiger partial charge in [-0.3, -0.25) is 4.79 Å². The Morgan fingerprint density at radius 1 is 1.26 bits per heavy atom. The number of rotatable bonds is 4. The first-order valence-corrected chi connectivity index (χ1v) is 7.94. The molecule has 1 saturated carbocycles. The second kappa shape index (κ2) is 6.91. The van der Waals surface area contributed by atoms with Crippen molar-refractivity contribution in [2.24, 2.45) is 5.92 Å². The number of aromatic nitrogens is 2. The fourth-order valence-electron chi connectivity index (χ4n) is 3.14. The quantitative estimate of drug-likeness (QED) is 0.937. The van der Waals surface area contributed by atoms with Crippen molar-refractivity contribution >= 4 is 5.91 Å². The van der Waals surface area contributed by atoms with Crippen LogP contribution in [-0.2, 0) is 0 Å². The van der Waals surface area contributed by atoms with Crippen LogP contribution in [-0.4, -0.2) is 45.8 Å². The van der Waals surface area contributed by atoms with E-state index >= 15 is 0 Å². The first-order chi connectivity index (χ1) is 11.2. The monoisotopic (exact) mass is 315 g/mol. The molecule has 1 N–H and O–H groups in total. The van der Waals surface area contributed by atoms with E-state index in [0.717, 1.165) is 31.2 Å². The van der Waals surface area contributed by atoms with Crippen molar-refractivity contribution in [3.05, 3.63) is 36.2 Å². The van der Waals surface area contributed by atoms with E-state index < -0.39 is 0 Å². The summed E-state index contributed by atoms with van der Waals surface area (Å²) < 4.78 is 4.73. The number of benzene rings is 1. The van der Waals surface area contributed by atoms with Crippen LogP contribution >= 0.6 is 0 Å². The highest BCUT2D eigenvalue weighted by atomic mass is 16.5. The normalized spacial score (nSPS) is 21.1. The van der Waals surface area contributed by atoms with Crippen molar-refractivity contribution in [2.45, 2.75) is 31.7 Å².